The van der Waals surface area contributed by atoms with Crippen molar-refractivity contribution in [3.8, 4) is 0 Å². The van der Waals surface area contributed by atoms with Crippen molar-refractivity contribution in [2.75, 3.05) is 0 Å². The van der Waals surface area contributed by atoms with Crippen LogP contribution in [0.3, 0.4) is 0 Å². The summed E-state index contributed by atoms with van der Waals surface area (Å²) in [6.45, 7) is 2.85. The van der Waals surface area contributed by atoms with E-state index >= 15 is 0 Å². The van der Waals surface area contributed by atoms with Gasteiger partial charge in [0.05, 0.1) is 5.69 Å². The standard InChI is InChI=1S/C12H11ClF2N2O2S2/c1-6(10-8(14)4-3-5-9(10)15)17-21(18,19)11-7(2)16-12(13)20-11/h3-6,17H,1-2H3. The summed E-state index contributed by atoms with van der Waals surface area (Å²) in [5, 5.41) is 0. The van der Waals surface area contributed by atoms with Crippen molar-refractivity contribution >= 4 is 33.0 Å². The van der Waals surface area contributed by atoms with Crippen LogP contribution in [0.15, 0.2) is 22.4 Å². The minimum Gasteiger partial charge on any atom is -0.229 e. The van der Waals surface area contributed by atoms with Crippen molar-refractivity contribution in [1.82, 2.24) is 9.71 Å². The molecule has 0 saturated heterocycles. The molecule has 0 spiro atoms. The Hall–Kier alpha value is -1.09. The zero-order valence-corrected chi connectivity index (χ0v) is 13.4. The van der Waals surface area contributed by atoms with Crippen molar-refractivity contribution in [3.05, 3.63) is 45.6 Å². The molecule has 9 heteroatoms. The maximum atomic E-state index is 13.7. The Labute approximate surface area is 129 Å². The van der Waals surface area contributed by atoms with Gasteiger partial charge in [-0.05, 0) is 26.0 Å². The zero-order valence-electron chi connectivity index (χ0n) is 11.0. The van der Waals surface area contributed by atoms with Crippen LogP contribution in [-0.4, -0.2) is 13.4 Å². The Kier molecular flexibility index (Phi) is 4.62. The predicted molar refractivity (Wildman–Crippen MR) is 77.0 cm³/mol. The molecule has 0 aliphatic heterocycles. The second-order valence-electron chi connectivity index (χ2n) is 4.32. The summed E-state index contributed by atoms with van der Waals surface area (Å²) in [4.78, 5) is 3.81. The van der Waals surface area contributed by atoms with Gasteiger partial charge in [0.15, 0.2) is 8.68 Å². The minimum atomic E-state index is -3.96. The van der Waals surface area contributed by atoms with Crippen LogP contribution in [0.5, 0.6) is 0 Å². The summed E-state index contributed by atoms with van der Waals surface area (Å²) >= 11 is 6.45. The number of halogens is 3. The van der Waals surface area contributed by atoms with Gasteiger partial charge in [-0.15, -0.1) is 0 Å². The van der Waals surface area contributed by atoms with E-state index in [1.54, 1.807) is 0 Å². The summed E-state index contributed by atoms with van der Waals surface area (Å²) in [6, 6.07) is 2.27. The molecule has 1 atom stereocenters. The minimum absolute atomic E-state index is 0.0731. The van der Waals surface area contributed by atoms with E-state index in [2.05, 4.69) is 9.71 Å². The molecular formula is C12H11ClF2N2O2S2. The van der Waals surface area contributed by atoms with Crippen molar-refractivity contribution in [3.63, 3.8) is 0 Å². The van der Waals surface area contributed by atoms with Gasteiger partial charge in [0.2, 0.25) is 0 Å². The van der Waals surface area contributed by atoms with E-state index in [1.165, 1.54) is 19.9 Å². The molecule has 1 aromatic carbocycles. The molecule has 0 radical (unpaired) electrons. The fourth-order valence-corrected chi connectivity index (χ4v) is 4.84. The number of hydrogen-bond acceptors (Lipinski definition) is 4. The molecule has 0 aliphatic carbocycles. The highest BCUT2D eigenvalue weighted by molar-refractivity contribution is 7.91. The molecule has 1 N–H and O–H groups in total. The fraction of sp³-hybridized carbons (Fsp3) is 0.250. The quantitative estimate of drug-likeness (QED) is 0.917. The lowest BCUT2D eigenvalue weighted by atomic mass is 10.1. The van der Waals surface area contributed by atoms with Crippen LogP contribution < -0.4 is 4.72 Å². The van der Waals surface area contributed by atoms with E-state index < -0.39 is 27.7 Å². The molecule has 0 aliphatic rings. The molecule has 0 amide bonds. The molecule has 0 fully saturated rings. The summed E-state index contributed by atoms with van der Waals surface area (Å²) in [7, 11) is -3.96. The lowest BCUT2D eigenvalue weighted by Crippen LogP contribution is -2.28. The normalized spacial score (nSPS) is 13.4. The van der Waals surface area contributed by atoms with Crippen LogP contribution in [0.1, 0.15) is 24.2 Å². The number of sulfonamides is 1. The van der Waals surface area contributed by atoms with Gasteiger partial charge in [0.1, 0.15) is 11.6 Å². The molecule has 4 nitrogen and oxygen atoms in total. The molecule has 2 aromatic rings. The van der Waals surface area contributed by atoms with Crippen molar-refractivity contribution in [1.29, 1.82) is 0 Å². The Bertz CT molecular complexity index is 757. The number of thiazole rings is 1. The lowest BCUT2D eigenvalue weighted by molar-refractivity contribution is 0.515. The molecule has 1 aromatic heterocycles. The van der Waals surface area contributed by atoms with E-state index in [9.17, 15) is 17.2 Å². The lowest BCUT2D eigenvalue weighted by Gasteiger charge is -2.15. The highest BCUT2D eigenvalue weighted by Gasteiger charge is 2.26. The van der Waals surface area contributed by atoms with E-state index in [0.717, 1.165) is 23.5 Å². The molecule has 0 bridgehead atoms. The number of nitrogens with one attached hydrogen (secondary N) is 1. The van der Waals surface area contributed by atoms with Gasteiger partial charge in [-0.1, -0.05) is 29.0 Å². The first-order valence-corrected chi connectivity index (χ1v) is 8.49. The maximum absolute atomic E-state index is 13.7. The summed E-state index contributed by atoms with van der Waals surface area (Å²) in [5.41, 5.74) is -0.104. The van der Waals surface area contributed by atoms with Gasteiger partial charge in [-0.2, -0.15) is 0 Å². The topological polar surface area (TPSA) is 59.1 Å². The third kappa shape index (κ3) is 3.39. The van der Waals surface area contributed by atoms with Gasteiger partial charge in [-0.3, -0.25) is 0 Å². The fourth-order valence-electron chi connectivity index (χ4n) is 1.87. The number of hydrogen-bond donors (Lipinski definition) is 1. The second-order valence-corrected chi connectivity index (χ2v) is 7.81. The second kappa shape index (κ2) is 5.96. The van der Waals surface area contributed by atoms with E-state index in [-0.39, 0.29) is 19.9 Å². The Morgan fingerprint density at radius 3 is 2.38 bits per heavy atom. The summed E-state index contributed by atoms with van der Waals surface area (Å²) in [6.07, 6.45) is 0. The van der Waals surface area contributed by atoms with Crippen LogP contribution in [0.2, 0.25) is 4.47 Å². The third-order valence-corrected chi connectivity index (χ3v) is 6.15. The smallest absolute Gasteiger partial charge is 0.229 e. The first kappa shape index (κ1) is 16.3. The van der Waals surface area contributed by atoms with Crippen LogP contribution in [0, 0.1) is 18.6 Å². The first-order chi connectivity index (χ1) is 9.72. The highest BCUT2D eigenvalue weighted by atomic mass is 35.5. The average molecular weight is 353 g/mol. The van der Waals surface area contributed by atoms with Crippen molar-refractivity contribution < 1.29 is 17.2 Å². The van der Waals surface area contributed by atoms with Crippen molar-refractivity contribution in [2.45, 2.75) is 24.1 Å². The first-order valence-electron chi connectivity index (χ1n) is 5.81. The molecule has 1 heterocycles. The van der Waals surface area contributed by atoms with Gasteiger partial charge in [0.25, 0.3) is 10.0 Å². The zero-order chi connectivity index (χ0) is 15.8. The van der Waals surface area contributed by atoms with Crippen LogP contribution in [0.25, 0.3) is 0 Å². The van der Waals surface area contributed by atoms with Crippen LogP contribution >= 0.6 is 22.9 Å². The maximum Gasteiger partial charge on any atom is 0.252 e. The van der Waals surface area contributed by atoms with Gasteiger partial charge in [0, 0.05) is 11.6 Å². The Morgan fingerprint density at radius 2 is 1.90 bits per heavy atom. The molecule has 21 heavy (non-hydrogen) atoms. The number of aromatic nitrogens is 1. The molecule has 2 rings (SSSR count). The average Bonchev–Trinajstić information content (AvgIpc) is 2.68. The molecule has 114 valence electrons. The van der Waals surface area contributed by atoms with E-state index in [0.29, 0.717) is 0 Å². The molecular weight excluding hydrogens is 342 g/mol. The molecule has 0 saturated carbocycles. The number of benzene rings is 1. The SMILES string of the molecule is Cc1nc(Cl)sc1S(=O)(=O)NC(C)c1c(F)cccc1F. The number of nitrogens with zero attached hydrogens (tertiary/aromatic N) is 1. The van der Waals surface area contributed by atoms with Gasteiger partial charge in [-0.25, -0.2) is 26.9 Å². The van der Waals surface area contributed by atoms with Crippen LogP contribution in [0.4, 0.5) is 8.78 Å². The largest absolute Gasteiger partial charge is 0.252 e. The van der Waals surface area contributed by atoms with Gasteiger partial charge < -0.3 is 0 Å². The van der Waals surface area contributed by atoms with Crippen molar-refractivity contribution in [2.24, 2.45) is 0 Å². The van der Waals surface area contributed by atoms with E-state index in [4.69, 9.17) is 11.6 Å². The summed E-state index contributed by atoms with van der Waals surface area (Å²) in [5.74, 6) is -1.63. The van der Waals surface area contributed by atoms with Gasteiger partial charge >= 0.3 is 0 Å². The highest BCUT2D eigenvalue weighted by Crippen LogP contribution is 2.29. The Balaban J connectivity index is 2.35. The monoisotopic (exact) mass is 352 g/mol. The molecule has 1 unspecified atom stereocenters. The Morgan fingerprint density at radius 1 is 1.33 bits per heavy atom. The van der Waals surface area contributed by atoms with Crippen LogP contribution in [-0.2, 0) is 10.0 Å². The summed E-state index contributed by atoms with van der Waals surface area (Å²) < 4.78 is 54.0. The number of rotatable bonds is 4. The number of aryl methyl sites for hydroxylation is 1. The van der Waals surface area contributed by atoms with E-state index in [1.807, 2.05) is 0 Å². The third-order valence-electron chi connectivity index (χ3n) is 2.74. The predicted octanol–water partition coefficient (Wildman–Crippen LogP) is 3.42.